The van der Waals surface area contributed by atoms with Crippen molar-refractivity contribution >= 4 is 28.4 Å². The summed E-state index contributed by atoms with van der Waals surface area (Å²) in [6.45, 7) is 8.87. The molecule has 5 rings (SSSR count). The van der Waals surface area contributed by atoms with Gasteiger partial charge >= 0.3 is 0 Å². The third kappa shape index (κ3) is 2.66. The Kier molecular flexibility index (Phi) is 3.79. The van der Waals surface area contributed by atoms with Crippen LogP contribution in [0.25, 0.3) is 0 Å². The van der Waals surface area contributed by atoms with E-state index in [1.807, 2.05) is 0 Å². The van der Waals surface area contributed by atoms with Crippen LogP contribution in [0.3, 0.4) is 0 Å². The van der Waals surface area contributed by atoms with E-state index in [-0.39, 0.29) is 0 Å². The van der Waals surface area contributed by atoms with Crippen molar-refractivity contribution in [2.75, 3.05) is 44.6 Å². The molecule has 0 amide bonds. The minimum absolute atomic E-state index is 0.388. The zero-order valence-electron chi connectivity index (χ0n) is 12.5. The Morgan fingerprint density at radius 2 is 1.95 bits per heavy atom. The summed E-state index contributed by atoms with van der Waals surface area (Å²) in [5.74, 6) is 2.76. The van der Waals surface area contributed by atoms with Gasteiger partial charge in [-0.1, -0.05) is 0 Å². The maximum atomic E-state index is 4.99. The van der Waals surface area contributed by atoms with Gasteiger partial charge in [-0.05, 0) is 42.4 Å². The van der Waals surface area contributed by atoms with Crippen molar-refractivity contribution < 1.29 is 0 Å². The lowest BCUT2D eigenvalue weighted by molar-refractivity contribution is 0.00860. The average molecular weight is 399 g/mol. The van der Waals surface area contributed by atoms with Gasteiger partial charge in [-0.15, -0.1) is 0 Å². The standard InChI is InChI=1S/C15H22IN5/c1-2-17-15-12(16)13(10-3-4-10)18-14(19-15)11-9-20-5-7-21(11)8-6-20/h10-11H,2-9H2,1H3,(H,17,18,19). The Morgan fingerprint density at radius 1 is 1.19 bits per heavy atom. The second kappa shape index (κ2) is 5.62. The van der Waals surface area contributed by atoms with Gasteiger partial charge in [0.15, 0.2) is 0 Å². The molecule has 5 nitrogen and oxygen atoms in total. The molecule has 1 atom stereocenters. The molecular formula is C15H22IN5. The van der Waals surface area contributed by atoms with Gasteiger partial charge < -0.3 is 5.32 Å². The van der Waals surface area contributed by atoms with E-state index in [9.17, 15) is 0 Å². The molecule has 114 valence electrons. The number of piperazine rings is 3. The predicted octanol–water partition coefficient (Wildman–Crippen LogP) is 2.06. The first-order valence-corrected chi connectivity index (χ1v) is 9.11. The zero-order valence-corrected chi connectivity index (χ0v) is 14.6. The van der Waals surface area contributed by atoms with Gasteiger partial charge in [0.2, 0.25) is 0 Å². The first-order valence-electron chi connectivity index (χ1n) is 8.04. The number of nitrogens with zero attached hydrogens (tertiary/aromatic N) is 4. The van der Waals surface area contributed by atoms with E-state index in [1.54, 1.807) is 0 Å². The summed E-state index contributed by atoms with van der Waals surface area (Å²) < 4.78 is 1.23. The fraction of sp³-hybridized carbons (Fsp3) is 0.733. The van der Waals surface area contributed by atoms with Gasteiger partial charge in [-0.25, -0.2) is 9.97 Å². The van der Waals surface area contributed by atoms with Gasteiger partial charge in [-0.3, -0.25) is 9.80 Å². The zero-order chi connectivity index (χ0) is 14.4. The summed E-state index contributed by atoms with van der Waals surface area (Å²) in [5.41, 5.74) is 1.29. The lowest BCUT2D eigenvalue weighted by Gasteiger charge is -2.46. The molecule has 1 N–H and O–H groups in total. The second-order valence-corrected chi connectivity index (χ2v) is 7.37. The molecule has 3 aliphatic heterocycles. The predicted molar refractivity (Wildman–Crippen MR) is 91.6 cm³/mol. The fourth-order valence-electron chi connectivity index (χ4n) is 3.41. The van der Waals surface area contributed by atoms with Crippen molar-refractivity contribution in [1.29, 1.82) is 0 Å². The van der Waals surface area contributed by atoms with Crippen LogP contribution >= 0.6 is 22.6 Å². The number of anilines is 1. The highest BCUT2D eigenvalue weighted by Gasteiger charge is 2.36. The molecule has 3 saturated heterocycles. The first kappa shape index (κ1) is 14.1. The van der Waals surface area contributed by atoms with Gasteiger partial charge in [-0.2, -0.15) is 0 Å². The van der Waals surface area contributed by atoms with E-state index in [4.69, 9.17) is 9.97 Å². The van der Waals surface area contributed by atoms with E-state index in [0.717, 1.165) is 37.8 Å². The largest absolute Gasteiger partial charge is 0.369 e. The molecular weight excluding hydrogens is 377 g/mol. The number of hydrogen-bond acceptors (Lipinski definition) is 5. The van der Waals surface area contributed by atoms with Gasteiger partial charge in [0.1, 0.15) is 11.6 Å². The molecule has 0 radical (unpaired) electrons. The highest BCUT2D eigenvalue weighted by molar-refractivity contribution is 14.1. The summed E-state index contributed by atoms with van der Waals surface area (Å²) in [5, 5.41) is 3.43. The minimum atomic E-state index is 0.388. The van der Waals surface area contributed by atoms with E-state index < -0.39 is 0 Å². The Labute approximate surface area is 139 Å². The second-order valence-electron chi connectivity index (χ2n) is 6.29. The third-order valence-corrected chi connectivity index (χ3v) is 5.84. The Bertz CT molecular complexity index is 537. The average Bonchev–Trinajstić information content (AvgIpc) is 3.35. The molecule has 4 fully saturated rings. The SMILES string of the molecule is CCNc1nc(C2CN3CCN2CC3)nc(C2CC2)c1I. The molecule has 4 heterocycles. The summed E-state index contributed by atoms with van der Waals surface area (Å²) >= 11 is 2.42. The van der Waals surface area contributed by atoms with Gasteiger partial charge in [0.25, 0.3) is 0 Å². The van der Waals surface area contributed by atoms with Crippen LogP contribution in [0.15, 0.2) is 0 Å². The van der Waals surface area contributed by atoms with Crippen LogP contribution in [0.1, 0.15) is 43.2 Å². The quantitative estimate of drug-likeness (QED) is 0.786. The lowest BCUT2D eigenvalue weighted by Crippen LogP contribution is -2.57. The van der Waals surface area contributed by atoms with Gasteiger partial charge in [0, 0.05) is 45.2 Å². The molecule has 6 heteroatoms. The number of nitrogens with one attached hydrogen (secondary N) is 1. The van der Waals surface area contributed by atoms with Crippen molar-refractivity contribution in [3.8, 4) is 0 Å². The van der Waals surface area contributed by atoms with Crippen molar-refractivity contribution in [2.24, 2.45) is 0 Å². The minimum Gasteiger partial charge on any atom is -0.369 e. The molecule has 21 heavy (non-hydrogen) atoms. The van der Waals surface area contributed by atoms with Crippen LogP contribution in [0.4, 0.5) is 5.82 Å². The molecule has 2 bridgehead atoms. The van der Waals surface area contributed by atoms with Crippen molar-refractivity contribution in [1.82, 2.24) is 19.8 Å². The monoisotopic (exact) mass is 399 g/mol. The van der Waals surface area contributed by atoms with Crippen LogP contribution in [0.5, 0.6) is 0 Å². The highest BCUT2D eigenvalue weighted by atomic mass is 127. The van der Waals surface area contributed by atoms with E-state index in [0.29, 0.717) is 12.0 Å². The molecule has 1 saturated carbocycles. The van der Waals surface area contributed by atoms with Crippen LogP contribution in [-0.2, 0) is 0 Å². The highest BCUT2D eigenvalue weighted by Crippen LogP contribution is 2.43. The van der Waals surface area contributed by atoms with Crippen molar-refractivity contribution in [3.63, 3.8) is 0 Å². The number of rotatable bonds is 4. The van der Waals surface area contributed by atoms with Crippen LogP contribution in [0.2, 0.25) is 0 Å². The van der Waals surface area contributed by atoms with Gasteiger partial charge in [0.05, 0.1) is 15.3 Å². The number of hydrogen-bond donors (Lipinski definition) is 1. The molecule has 1 unspecified atom stereocenters. The summed E-state index contributed by atoms with van der Waals surface area (Å²) in [7, 11) is 0. The first-order chi connectivity index (χ1) is 10.3. The van der Waals surface area contributed by atoms with Crippen LogP contribution in [-0.4, -0.2) is 59.0 Å². The Balaban J connectivity index is 1.70. The van der Waals surface area contributed by atoms with Crippen LogP contribution < -0.4 is 5.32 Å². The smallest absolute Gasteiger partial charge is 0.149 e. The third-order valence-electron chi connectivity index (χ3n) is 4.78. The maximum Gasteiger partial charge on any atom is 0.149 e. The number of fused-ring (bicyclic) bond motifs is 3. The summed E-state index contributed by atoms with van der Waals surface area (Å²) in [6.07, 6.45) is 2.58. The molecule has 1 aromatic heterocycles. The van der Waals surface area contributed by atoms with Crippen molar-refractivity contribution in [2.45, 2.75) is 31.7 Å². The fourth-order valence-corrected chi connectivity index (χ4v) is 4.28. The summed E-state index contributed by atoms with van der Waals surface area (Å²) in [6, 6.07) is 0.388. The van der Waals surface area contributed by atoms with Crippen LogP contribution in [0, 0.1) is 3.57 Å². The molecule has 0 spiro atoms. The Hall–Kier alpha value is -0.470. The molecule has 1 aromatic rings. The lowest BCUT2D eigenvalue weighted by atomic mass is 10.1. The van der Waals surface area contributed by atoms with E-state index >= 15 is 0 Å². The Morgan fingerprint density at radius 3 is 2.52 bits per heavy atom. The number of halogens is 1. The molecule has 4 aliphatic rings. The molecule has 0 aromatic carbocycles. The number of aromatic nitrogens is 2. The molecule has 1 aliphatic carbocycles. The van der Waals surface area contributed by atoms with Crippen molar-refractivity contribution in [3.05, 3.63) is 15.1 Å². The van der Waals surface area contributed by atoms with E-state index in [1.165, 1.54) is 35.2 Å². The maximum absolute atomic E-state index is 4.99. The van der Waals surface area contributed by atoms with E-state index in [2.05, 4.69) is 44.6 Å². The summed E-state index contributed by atoms with van der Waals surface area (Å²) in [4.78, 5) is 15.0. The topological polar surface area (TPSA) is 44.3 Å². The normalized spacial score (nSPS) is 31.4.